The average molecular weight is 442 g/mol. The lowest BCUT2D eigenvalue weighted by Gasteiger charge is -2.10. The van der Waals surface area contributed by atoms with Gasteiger partial charge in [0.1, 0.15) is 23.8 Å². The maximum atomic E-state index is 13.9. The van der Waals surface area contributed by atoms with Crippen LogP contribution in [0.15, 0.2) is 91.4 Å². The third kappa shape index (κ3) is 4.40. The first-order valence-electron chi connectivity index (χ1n) is 10.2. The molecular formula is C25H19FN4O3. The van der Waals surface area contributed by atoms with Crippen LogP contribution >= 0.6 is 0 Å². The normalized spacial score (nSPS) is 10.8. The van der Waals surface area contributed by atoms with Gasteiger partial charge in [0.25, 0.3) is 0 Å². The molecule has 0 bridgehead atoms. The summed E-state index contributed by atoms with van der Waals surface area (Å²) in [5.74, 6) is 0.316. The van der Waals surface area contributed by atoms with E-state index in [4.69, 9.17) is 9.47 Å². The molecule has 164 valence electrons. The van der Waals surface area contributed by atoms with Gasteiger partial charge in [-0.25, -0.2) is 9.07 Å². The minimum atomic E-state index is -0.492. The zero-order valence-corrected chi connectivity index (χ0v) is 17.4. The zero-order valence-electron chi connectivity index (χ0n) is 17.4. The molecule has 0 saturated heterocycles. The van der Waals surface area contributed by atoms with Crippen LogP contribution in [0.2, 0.25) is 0 Å². The van der Waals surface area contributed by atoms with E-state index >= 15 is 0 Å². The van der Waals surface area contributed by atoms with Gasteiger partial charge < -0.3 is 14.6 Å². The molecule has 2 N–H and O–H groups in total. The molecule has 0 spiro atoms. The van der Waals surface area contributed by atoms with Crippen molar-refractivity contribution in [2.75, 3.05) is 0 Å². The Labute approximate surface area is 188 Å². The number of H-pyrrole nitrogens is 1. The van der Waals surface area contributed by atoms with Crippen molar-refractivity contribution in [2.45, 2.75) is 6.61 Å². The zero-order chi connectivity index (χ0) is 22.6. The number of nitrogens with zero attached hydrogens (tertiary/aromatic N) is 3. The van der Waals surface area contributed by atoms with Crippen LogP contribution in [0, 0.1) is 5.82 Å². The highest BCUT2D eigenvalue weighted by Crippen LogP contribution is 2.38. The van der Waals surface area contributed by atoms with Crippen LogP contribution in [-0.2, 0) is 6.61 Å². The van der Waals surface area contributed by atoms with Gasteiger partial charge in [0, 0.05) is 23.4 Å². The molecule has 0 fully saturated rings. The van der Waals surface area contributed by atoms with Gasteiger partial charge in [0.15, 0.2) is 17.3 Å². The van der Waals surface area contributed by atoms with Gasteiger partial charge in [-0.2, -0.15) is 10.2 Å². The summed E-state index contributed by atoms with van der Waals surface area (Å²) in [5, 5.41) is 21.7. The molecule has 0 unspecified atom stereocenters. The molecule has 0 amide bonds. The van der Waals surface area contributed by atoms with Crippen molar-refractivity contribution < 1.29 is 19.0 Å². The number of hydrogen-bond acceptors (Lipinski definition) is 5. The highest BCUT2D eigenvalue weighted by molar-refractivity contribution is 5.73. The number of rotatable bonds is 7. The van der Waals surface area contributed by atoms with Gasteiger partial charge in [-0.3, -0.25) is 5.10 Å². The fraction of sp³-hybridized carbons (Fsp3) is 0.0400. The fourth-order valence-electron chi connectivity index (χ4n) is 3.33. The lowest BCUT2D eigenvalue weighted by atomic mass is 10.1. The Morgan fingerprint density at radius 1 is 0.939 bits per heavy atom. The molecule has 2 aromatic heterocycles. The van der Waals surface area contributed by atoms with Crippen LogP contribution in [0.4, 0.5) is 4.39 Å². The highest BCUT2D eigenvalue weighted by Gasteiger charge is 2.16. The van der Waals surface area contributed by atoms with Gasteiger partial charge in [-0.15, -0.1) is 0 Å². The Kier molecular flexibility index (Phi) is 5.47. The minimum absolute atomic E-state index is 0.0323. The summed E-state index contributed by atoms with van der Waals surface area (Å²) in [6.45, 7) is 0.289. The van der Waals surface area contributed by atoms with Gasteiger partial charge >= 0.3 is 0 Å². The number of nitrogens with one attached hydrogen (secondary N) is 1. The number of ether oxygens (including phenoxy) is 2. The molecule has 3 aromatic carbocycles. The lowest BCUT2D eigenvalue weighted by molar-refractivity contribution is 0.304. The van der Waals surface area contributed by atoms with Crippen LogP contribution in [0.5, 0.6) is 23.0 Å². The number of aromatic hydroxyl groups is 1. The second-order valence-corrected chi connectivity index (χ2v) is 7.24. The summed E-state index contributed by atoms with van der Waals surface area (Å²) in [7, 11) is 0. The third-order valence-corrected chi connectivity index (χ3v) is 4.96. The monoisotopic (exact) mass is 442 g/mol. The predicted molar refractivity (Wildman–Crippen MR) is 120 cm³/mol. The fourth-order valence-corrected chi connectivity index (χ4v) is 3.33. The average Bonchev–Trinajstić information content (AvgIpc) is 3.50. The van der Waals surface area contributed by atoms with Crippen LogP contribution < -0.4 is 9.47 Å². The van der Waals surface area contributed by atoms with Crippen molar-refractivity contribution in [3.05, 3.63) is 103 Å². The van der Waals surface area contributed by atoms with Crippen LogP contribution in [-0.4, -0.2) is 25.1 Å². The number of benzene rings is 3. The van der Waals surface area contributed by atoms with Crippen LogP contribution in [0.3, 0.4) is 0 Å². The lowest BCUT2D eigenvalue weighted by Crippen LogP contribution is -1.95. The Morgan fingerprint density at radius 3 is 2.58 bits per heavy atom. The summed E-state index contributed by atoms with van der Waals surface area (Å²) in [6.07, 6.45) is 5.05. The number of aromatic amines is 1. The minimum Gasteiger partial charge on any atom is -0.507 e. The largest absolute Gasteiger partial charge is 0.507 e. The molecular weight excluding hydrogens is 423 g/mol. The molecule has 0 saturated carbocycles. The first-order valence-corrected chi connectivity index (χ1v) is 10.2. The van der Waals surface area contributed by atoms with E-state index in [-0.39, 0.29) is 23.9 Å². The van der Waals surface area contributed by atoms with E-state index in [1.807, 2.05) is 36.5 Å². The Morgan fingerprint density at radius 2 is 1.76 bits per heavy atom. The molecule has 7 nitrogen and oxygen atoms in total. The molecule has 5 rings (SSSR count). The van der Waals surface area contributed by atoms with Crippen molar-refractivity contribution in [2.24, 2.45) is 0 Å². The summed E-state index contributed by atoms with van der Waals surface area (Å²) < 4.78 is 27.2. The van der Waals surface area contributed by atoms with E-state index in [9.17, 15) is 9.50 Å². The second kappa shape index (κ2) is 8.88. The topological polar surface area (TPSA) is 85.2 Å². The van der Waals surface area contributed by atoms with Crippen LogP contribution in [0.1, 0.15) is 5.56 Å². The number of hydrogen-bond donors (Lipinski definition) is 2. The number of phenols is 1. The van der Waals surface area contributed by atoms with Crippen molar-refractivity contribution >= 4 is 0 Å². The van der Waals surface area contributed by atoms with Crippen molar-refractivity contribution in [1.82, 2.24) is 20.0 Å². The second-order valence-electron chi connectivity index (χ2n) is 7.24. The number of aromatic nitrogens is 4. The van der Waals surface area contributed by atoms with Crippen molar-refractivity contribution in [3.8, 4) is 39.9 Å². The Bertz CT molecular complexity index is 1380. The molecule has 8 heteroatoms. The summed E-state index contributed by atoms with van der Waals surface area (Å²) >= 11 is 0. The molecule has 0 radical (unpaired) electrons. The number of halogens is 1. The molecule has 0 aliphatic heterocycles. The van der Waals surface area contributed by atoms with E-state index in [0.29, 0.717) is 17.0 Å². The van der Waals surface area contributed by atoms with Gasteiger partial charge in [-0.05, 0) is 36.4 Å². The van der Waals surface area contributed by atoms with E-state index in [1.165, 1.54) is 24.4 Å². The summed E-state index contributed by atoms with van der Waals surface area (Å²) in [5.41, 5.74) is 2.71. The first-order chi connectivity index (χ1) is 16.2. The van der Waals surface area contributed by atoms with Gasteiger partial charge in [0.2, 0.25) is 0 Å². The van der Waals surface area contributed by atoms with Crippen LogP contribution in [0.25, 0.3) is 16.9 Å². The Balaban J connectivity index is 1.29. The van der Waals surface area contributed by atoms with Gasteiger partial charge in [0.05, 0.1) is 18.1 Å². The van der Waals surface area contributed by atoms with Crippen molar-refractivity contribution in [3.63, 3.8) is 0 Å². The molecule has 33 heavy (non-hydrogen) atoms. The Hall–Kier alpha value is -4.59. The first kappa shape index (κ1) is 20.3. The molecule has 0 atom stereocenters. The van der Waals surface area contributed by atoms with E-state index < -0.39 is 5.82 Å². The standard InChI is InChI=1S/C25H19FN4O3/c26-21-8-4-5-9-23(21)33-24-14-27-29-25(24)20-11-10-19(12-22(20)31)32-16-17-13-28-30(15-17)18-6-2-1-3-7-18/h1-15,31H,16H2,(H,27,29). The summed E-state index contributed by atoms with van der Waals surface area (Å²) in [6, 6.07) is 20.8. The molecule has 5 aromatic rings. The van der Waals surface area contributed by atoms with Crippen molar-refractivity contribution in [1.29, 1.82) is 0 Å². The smallest absolute Gasteiger partial charge is 0.173 e. The molecule has 0 aliphatic carbocycles. The van der Waals surface area contributed by atoms with E-state index in [0.717, 1.165) is 11.3 Å². The van der Waals surface area contributed by atoms with E-state index in [1.54, 1.807) is 35.1 Å². The molecule has 2 heterocycles. The number of phenolic OH excluding ortho intramolecular Hbond substituents is 1. The quantitative estimate of drug-likeness (QED) is 0.349. The third-order valence-electron chi connectivity index (χ3n) is 4.96. The predicted octanol–water partition coefficient (Wildman–Crippen LogP) is 5.48. The maximum absolute atomic E-state index is 13.9. The summed E-state index contributed by atoms with van der Waals surface area (Å²) in [4.78, 5) is 0. The number of para-hydroxylation sites is 2. The molecule has 0 aliphatic rings. The SMILES string of the molecule is Oc1cc(OCc2cnn(-c3ccccc3)c2)ccc1-c1[nH]ncc1Oc1ccccc1F. The van der Waals surface area contributed by atoms with Gasteiger partial charge in [-0.1, -0.05) is 30.3 Å². The highest BCUT2D eigenvalue weighted by atomic mass is 19.1. The maximum Gasteiger partial charge on any atom is 0.173 e. The van der Waals surface area contributed by atoms with E-state index in [2.05, 4.69) is 15.3 Å².